The molecule has 0 aliphatic carbocycles. The van der Waals surface area contributed by atoms with Crippen molar-refractivity contribution >= 4 is 21.6 Å². The molecule has 7 nitrogen and oxygen atoms in total. The van der Waals surface area contributed by atoms with Crippen LogP contribution in [0.2, 0.25) is 0 Å². The van der Waals surface area contributed by atoms with Gasteiger partial charge in [0.25, 0.3) is 5.91 Å². The minimum absolute atomic E-state index is 0.145. The van der Waals surface area contributed by atoms with Crippen LogP contribution < -0.4 is 4.90 Å². The summed E-state index contributed by atoms with van der Waals surface area (Å²) < 4.78 is 38.7. The summed E-state index contributed by atoms with van der Waals surface area (Å²) in [5.74, 6) is 0.330. The number of hydrogen-bond acceptors (Lipinski definition) is 5. The zero-order valence-electron chi connectivity index (χ0n) is 18.2. The third-order valence-corrected chi connectivity index (χ3v) is 7.55. The Morgan fingerprint density at radius 2 is 1.75 bits per heavy atom. The maximum atomic E-state index is 13.6. The SMILES string of the molecule is Cc1ccc(N(Cc2ccco2)C(=O)c2ccc(C)c(S(=O)(=O)N3CCOCC3)c2)cc1. The Balaban J connectivity index is 1.71. The van der Waals surface area contributed by atoms with E-state index in [-0.39, 0.29) is 17.3 Å². The summed E-state index contributed by atoms with van der Waals surface area (Å²) in [6, 6.07) is 16.0. The van der Waals surface area contributed by atoms with Crippen molar-refractivity contribution in [2.45, 2.75) is 25.3 Å². The summed E-state index contributed by atoms with van der Waals surface area (Å²) in [7, 11) is -3.73. The minimum Gasteiger partial charge on any atom is -0.467 e. The van der Waals surface area contributed by atoms with Crippen LogP contribution in [0.1, 0.15) is 27.2 Å². The number of ether oxygens (including phenoxy) is 1. The van der Waals surface area contributed by atoms with Crippen molar-refractivity contribution in [3.05, 3.63) is 83.3 Å². The number of morpholine rings is 1. The molecule has 8 heteroatoms. The highest BCUT2D eigenvalue weighted by Crippen LogP contribution is 2.26. The lowest BCUT2D eigenvalue weighted by atomic mass is 10.1. The molecule has 32 heavy (non-hydrogen) atoms. The second kappa shape index (κ2) is 9.28. The van der Waals surface area contributed by atoms with Gasteiger partial charge in [-0.25, -0.2) is 8.42 Å². The van der Waals surface area contributed by atoms with E-state index in [2.05, 4.69) is 0 Å². The fraction of sp³-hybridized carbons (Fsp3) is 0.292. The van der Waals surface area contributed by atoms with Crippen molar-refractivity contribution in [1.29, 1.82) is 0 Å². The Hall–Kier alpha value is -2.94. The first kappa shape index (κ1) is 22.3. The third-order valence-electron chi connectivity index (χ3n) is 5.51. The molecule has 0 bridgehead atoms. The Morgan fingerprint density at radius 1 is 1.03 bits per heavy atom. The molecule has 1 aliphatic heterocycles. The van der Waals surface area contributed by atoms with Crippen LogP contribution in [0.3, 0.4) is 0 Å². The van der Waals surface area contributed by atoms with Crippen LogP contribution in [0, 0.1) is 13.8 Å². The largest absolute Gasteiger partial charge is 0.467 e. The van der Waals surface area contributed by atoms with Crippen LogP contribution in [0.15, 0.2) is 70.2 Å². The molecule has 4 rings (SSSR count). The monoisotopic (exact) mass is 454 g/mol. The summed E-state index contributed by atoms with van der Waals surface area (Å²) in [4.78, 5) is 15.3. The zero-order valence-corrected chi connectivity index (χ0v) is 19.0. The molecule has 1 amide bonds. The Morgan fingerprint density at radius 3 is 2.41 bits per heavy atom. The van der Waals surface area contributed by atoms with Crippen molar-refractivity contribution in [2.24, 2.45) is 0 Å². The fourth-order valence-corrected chi connectivity index (χ4v) is 5.32. The molecule has 1 fully saturated rings. The number of carbonyl (C=O) groups excluding carboxylic acids is 1. The molecule has 1 aliphatic rings. The van der Waals surface area contributed by atoms with Gasteiger partial charge in [-0.3, -0.25) is 4.79 Å². The lowest BCUT2D eigenvalue weighted by Gasteiger charge is -2.27. The minimum atomic E-state index is -3.73. The fourth-order valence-electron chi connectivity index (χ4n) is 3.66. The predicted octanol–water partition coefficient (Wildman–Crippen LogP) is 3.76. The Labute approximate surface area is 188 Å². The highest BCUT2D eigenvalue weighted by Gasteiger charge is 2.29. The first-order valence-corrected chi connectivity index (χ1v) is 11.9. The summed E-state index contributed by atoms with van der Waals surface area (Å²) in [6.07, 6.45) is 1.56. The van der Waals surface area contributed by atoms with Gasteiger partial charge in [-0.05, 0) is 55.8 Å². The van der Waals surface area contributed by atoms with Gasteiger partial charge in [0.1, 0.15) is 5.76 Å². The number of carbonyl (C=O) groups is 1. The van der Waals surface area contributed by atoms with E-state index < -0.39 is 10.0 Å². The number of amides is 1. The molecule has 0 atom stereocenters. The number of benzene rings is 2. The lowest BCUT2D eigenvalue weighted by molar-refractivity contribution is 0.0730. The van der Waals surface area contributed by atoms with E-state index in [1.165, 1.54) is 10.4 Å². The van der Waals surface area contributed by atoms with E-state index in [1.54, 1.807) is 42.4 Å². The number of nitrogens with zero attached hydrogens (tertiary/aromatic N) is 2. The number of anilines is 1. The van der Waals surface area contributed by atoms with Gasteiger partial charge in [-0.2, -0.15) is 4.31 Å². The van der Waals surface area contributed by atoms with Crippen LogP contribution in [0.25, 0.3) is 0 Å². The molecule has 2 aromatic carbocycles. The Bertz CT molecular complexity index is 1180. The summed E-state index contributed by atoms with van der Waals surface area (Å²) in [5, 5.41) is 0. The molecule has 3 aromatic rings. The standard InChI is InChI=1S/C24H26N2O5S/c1-18-5-9-21(10-6-18)26(17-22-4-3-13-31-22)24(27)20-8-7-19(2)23(16-20)32(28,29)25-11-14-30-15-12-25/h3-10,13,16H,11-12,14-15,17H2,1-2H3. The first-order valence-electron chi connectivity index (χ1n) is 10.5. The van der Waals surface area contributed by atoms with Crippen LogP contribution >= 0.6 is 0 Å². The van der Waals surface area contributed by atoms with E-state index >= 15 is 0 Å². The Kier molecular flexibility index (Phi) is 6.45. The highest BCUT2D eigenvalue weighted by molar-refractivity contribution is 7.89. The van der Waals surface area contributed by atoms with Crippen molar-refractivity contribution in [2.75, 3.05) is 31.2 Å². The maximum absolute atomic E-state index is 13.6. The summed E-state index contributed by atoms with van der Waals surface area (Å²) in [5.41, 5.74) is 2.68. The predicted molar refractivity (Wildman–Crippen MR) is 121 cm³/mol. The van der Waals surface area contributed by atoms with Gasteiger partial charge in [0.2, 0.25) is 10.0 Å². The van der Waals surface area contributed by atoms with Crippen LogP contribution in [0.4, 0.5) is 5.69 Å². The van der Waals surface area contributed by atoms with Gasteiger partial charge in [-0.1, -0.05) is 23.8 Å². The second-order valence-electron chi connectivity index (χ2n) is 7.80. The smallest absolute Gasteiger partial charge is 0.258 e. The molecule has 0 N–H and O–H groups in total. The van der Waals surface area contributed by atoms with Crippen molar-refractivity contribution < 1.29 is 22.4 Å². The number of hydrogen-bond donors (Lipinski definition) is 0. The van der Waals surface area contributed by atoms with Gasteiger partial charge >= 0.3 is 0 Å². The van der Waals surface area contributed by atoms with Crippen molar-refractivity contribution in [1.82, 2.24) is 4.31 Å². The van der Waals surface area contributed by atoms with Gasteiger partial charge in [0, 0.05) is 24.3 Å². The highest BCUT2D eigenvalue weighted by atomic mass is 32.2. The van der Waals surface area contributed by atoms with Gasteiger partial charge in [0.15, 0.2) is 0 Å². The van der Waals surface area contributed by atoms with E-state index in [0.717, 1.165) is 5.56 Å². The zero-order chi connectivity index (χ0) is 22.7. The first-order chi connectivity index (χ1) is 15.4. The molecule has 1 aromatic heterocycles. The number of furan rings is 1. The molecule has 2 heterocycles. The lowest BCUT2D eigenvalue weighted by Crippen LogP contribution is -2.41. The van der Waals surface area contributed by atoms with E-state index in [4.69, 9.17) is 9.15 Å². The van der Waals surface area contributed by atoms with Crippen LogP contribution in [0.5, 0.6) is 0 Å². The van der Waals surface area contributed by atoms with E-state index in [9.17, 15) is 13.2 Å². The number of aryl methyl sites for hydroxylation is 2. The van der Waals surface area contributed by atoms with Gasteiger partial charge in [0.05, 0.1) is 30.9 Å². The van der Waals surface area contributed by atoms with Gasteiger partial charge in [-0.15, -0.1) is 0 Å². The molecule has 168 valence electrons. The average molecular weight is 455 g/mol. The van der Waals surface area contributed by atoms with E-state index in [0.29, 0.717) is 48.9 Å². The molecule has 1 saturated heterocycles. The summed E-state index contributed by atoms with van der Waals surface area (Å²) >= 11 is 0. The maximum Gasteiger partial charge on any atom is 0.258 e. The number of rotatable bonds is 6. The molecule has 0 unspecified atom stereocenters. The molecular formula is C24H26N2O5S. The second-order valence-corrected chi connectivity index (χ2v) is 9.71. The van der Waals surface area contributed by atoms with Crippen LogP contribution in [-0.4, -0.2) is 44.9 Å². The topological polar surface area (TPSA) is 80.1 Å². The average Bonchev–Trinajstić information content (AvgIpc) is 3.32. The molecule has 0 spiro atoms. The molecular weight excluding hydrogens is 428 g/mol. The van der Waals surface area contributed by atoms with Gasteiger partial charge < -0.3 is 14.1 Å². The normalized spacial score (nSPS) is 14.9. The summed E-state index contributed by atoms with van der Waals surface area (Å²) in [6.45, 7) is 5.27. The number of sulfonamides is 1. The third kappa shape index (κ3) is 4.62. The quantitative estimate of drug-likeness (QED) is 0.567. The van der Waals surface area contributed by atoms with Crippen LogP contribution in [-0.2, 0) is 21.3 Å². The molecule has 0 radical (unpaired) electrons. The van der Waals surface area contributed by atoms with Crippen molar-refractivity contribution in [3.8, 4) is 0 Å². The van der Waals surface area contributed by atoms with Crippen molar-refractivity contribution in [3.63, 3.8) is 0 Å². The molecule has 0 saturated carbocycles. The van der Waals surface area contributed by atoms with E-state index in [1.807, 2.05) is 31.2 Å².